The standard InChI is InChI=1S/C12H15NO3/c1-3-5-10(14)13-9-7-4-6-8(2)11(9)12(15)16/h4,6-7H,3,5H2,1-2H3,(H,13,14)(H,15,16). The molecule has 2 N–H and O–H groups in total. The number of aromatic carboxylic acids is 1. The van der Waals surface area contributed by atoms with Gasteiger partial charge in [-0.2, -0.15) is 0 Å². The van der Waals surface area contributed by atoms with Crippen LogP contribution in [0.5, 0.6) is 0 Å². The predicted octanol–water partition coefficient (Wildman–Crippen LogP) is 2.43. The third-order valence-corrected chi connectivity index (χ3v) is 2.24. The molecule has 0 aromatic heterocycles. The number of nitrogens with one attached hydrogen (secondary N) is 1. The number of carbonyl (C=O) groups is 2. The molecule has 0 bridgehead atoms. The SMILES string of the molecule is CCCC(=O)Nc1cccc(C)c1C(=O)O. The van der Waals surface area contributed by atoms with Crippen molar-refractivity contribution in [2.45, 2.75) is 26.7 Å². The normalized spacial score (nSPS) is 9.88. The molecule has 1 aromatic rings. The summed E-state index contributed by atoms with van der Waals surface area (Å²) in [6.45, 7) is 3.60. The van der Waals surface area contributed by atoms with E-state index in [-0.39, 0.29) is 11.5 Å². The van der Waals surface area contributed by atoms with Crippen molar-refractivity contribution in [3.05, 3.63) is 29.3 Å². The van der Waals surface area contributed by atoms with Gasteiger partial charge in [-0.1, -0.05) is 19.1 Å². The van der Waals surface area contributed by atoms with Crippen LogP contribution >= 0.6 is 0 Å². The molecule has 86 valence electrons. The number of rotatable bonds is 4. The van der Waals surface area contributed by atoms with E-state index in [9.17, 15) is 9.59 Å². The zero-order chi connectivity index (χ0) is 12.1. The average Bonchev–Trinajstić information content (AvgIpc) is 2.17. The van der Waals surface area contributed by atoms with Crippen LogP contribution in [0.25, 0.3) is 0 Å². The summed E-state index contributed by atoms with van der Waals surface area (Å²) < 4.78 is 0. The Labute approximate surface area is 94.3 Å². The van der Waals surface area contributed by atoms with Crippen LogP contribution in [0.2, 0.25) is 0 Å². The minimum Gasteiger partial charge on any atom is -0.478 e. The van der Waals surface area contributed by atoms with Gasteiger partial charge < -0.3 is 10.4 Å². The van der Waals surface area contributed by atoms with E-state index in [1.807, 2.05) is 6.92 Å². The highest BCUT2D eigenvalue weighted by molar-refractivity contribution is 6.01. The number of carboxylic acids is 1. The van der Waals surface area contributed by atoms with E-state index in [1.54, 1.807) is 25.1 Å². The van der Waals surface area contributed by atoms with Crippen LogP contribution < -0.4 is 5.32 Å². The zero-order valence-electron chi connectivity index (χ0n) is 9.41. The molecule has 0 aliphatic rings. The van der Waals surface area contributed by atoms with Crippen molar-refractivity contribution in [1.82, 2.24) is 0 Å². The molecule has 0 aliphatic heterocycles. The van der Waals surface area contributed by atoms with Gasteiger partial charge in [0.15, 0.2) is 0 Å². The lowest BCUT2D eigenvalue weighted by molar-refractivity contribution is -0.116. The molecule has 0 fully saturated rings. The zero-order valence-corrected chi connectivity index (χ0v) is 9.41. The van der Waals surface area contributed by atoms with Gasteiger partial charge >= 0.3 is 5.97 Å². The highest BCUT2D eigenvalue weighted by Gasteiger charge is 2.14. The molecule has 0 heterocycles. The molecular formula is C12H15NO3. The number of amides is 1. The first kappa shape index (κ1) is 12.2. The topological polar surface area (TPSA) is 66.4 Å². The van der Waals surface area contributed by atoms with E-state index in [4.69, 9.17) is 5.11 Å². The van der Waals surface area contributed by atoms with E-state index in [1.165, 1.54) is 0 Å². The largest absolute Gasteiger partial charge is 0.478 e. The molecule has 16 heavy (non-hydrogen) atoms. The van der Waals surface area contributed by atoms with Crippen molar-refractivity contribution < 1.29 is 14.7 Å². The van der Waals surface area contributed by atoms with E-state index in [0.717, 1.165) is 6.42 Å². The number of benzene rings is 1. The van der Waals surface area contributed by atoms with Crippen LogP contribution in [0, 0.1) is 6.92 Å². The lowest BCUT2D eigenvalue weighted by atomic mass is 10.1. The Bertz CT molecular complexity index is 413. The lowest BCUT2D eigenvalue weighted by Gasteiger charge is -2.09. The van der Waals surface area contributed by atoms with Gasteiger partial charge in [-0.15, -0.1) is 0 Å². The first-order chi connectivity index (χ1) is 7.56. The highest BCUT2D eigenvalue weighted by Crippen LogP contribution is 2.19. The molecule has 0 atom stereocenters. The van der Waals surface area contributed by atoms with Gasteiger partial charge in [-0.3, -0.25) is 4.79 Å². The average molecular weight is 221 g/mol. The lowest BCUT2D eigenvalue weighted by Crippen LogP contribution is -2.14. The Hall–Kier alpha value is -1.84. The fraction of sp³-hybridized carbons (Fsp3) is 0.333. The van der Waals surface area contributed by atoms with Gasteiger partial charge in [0.05, 0.1) is 11.3 Å². The number of carbonyl (C=O) groups excluding carboxylic acids is 1. The van der Waals surface area contributed by atoms with Crippen molar-refractivity contribution in [2.75, 3.05) is 5.32 Å². The first-order valence-corrected chi connectivity index (χ1v) is 5.19. The minimum atomic E-state index is -1.02. The molecule has 1 aromatic carbocycles. The number of hydrogen-bond acceptors (Lipinski definition) is 2. The second-order valence-electron chi connectivity index (χ2n) is 3.60. The summed E-state index contributed by atoms with van der Waals surface area (Å²) in [6.07, 6.45) is 1.13. The molecular weight excluding hydrogens is 206 g/mol. The number of anilines is 1. The smallest absolute Gasteiger partial charge is 0.338 e. The third-order valence-electron chi connectivity index (χ3n) is 2.24. The Morgan fingerprint density at radius 3 is 2.62 bits per heavy atom. The Balaban J connectivity index is 3.00. The summed E-state index contributed by atoms with van der Waals surface area (Å²) in [5, 5.41) is 11.7. The Kier molecular flexibility index (Phi) is 4.05. The summed E-state index contributed by atoms with van der Waals surface area (Å²) in [4.78, 5) is 22.4. The summed E-state index contributed by atoms with van der Waals surface area (Å²) in [5.74, 6) is -1.18. The van der Waals surface area contributed by atoms with Gasteiger partial charge in [-0.05, 0) is 25.0 Å². The molecule has 0 unspecified atom stereocenters. The van der Waals surface area contributed by atoms with E-state index in [2.05, 4.69) is 5.32 Å². The van der Waals surface area contributed by atoms with Crippen LogP contribution in [0.15, 0.2) is 18.2 Å². The molecule has 0 saturated heterocycles. The van der Waals surface area contributed by atoms with Gasteiger partial charge in [0.1, 0.15) is 0 Å². The van der Waals surface area contributed by atoms with Crippen molar-refractivity contribution in [3.8, 4) is 0 Å². The van der Waals surface area contributed by atoms with Crippen LogP contribution in [-0.2, 0) is 4.79 Å². The van der Waals surface area contributed by atoms with Crippen molar-refractivity contribution in [3.63, 3.8) is 0 Å². The maximum Gasteiger partial charge on any atom is 0.338 e. The van der Waals surface area contributed by atoms with E-state index in [0.29, 0.717) is 17.7 Å². The summed E-state index contributed by atoms with van der Waals surface area (Å²) >= 11 is 0. The van der Waals surface area contributed by atoms with Crippen molar-refractivity contribution >= 4 is 17.6 Å². The Morgan fingerprint density at radius 2 is 2.06 bits per heavy atom. The molecule has 0 saturated carbocycles. The molecule has 4 nitrogen and oxygen atoms in total. The molecule has 1 amide bonds. The fourth-order valence-corrected chi connectivity index (χ4v) is 1.50. The number of hydrogen-bond donors (Lipinski definition) is 2. The molecule has 0 aliphatic carbocycles. The second-order valence-corrected chi connectivity index (χ2v) is 3.60. The van der Waals surface area contributed by atoms with E-state index < -0.39 is 5.97 Å². The van der Waals surface area contributed by atoms with Gasteiger partial charge in [0.25, 0.3) is 0 Å². The maximum atomic E-state index is 11.4. The monoisotopic (exact) mass is 221 g/mol. The van der Waals surface area contributed by atoms with Crippen molar-refractivity contribution in [1.29, 1.82) is 0 Å². The van der Waals surface area contributed by atoms with Gasteiger partial charge in [-0.25, -0.2) is 4.79 Å². The minimum absolute atomic E-state index is 0.157. The Morgan fingerprint density at radius 1 is 1.38 bits per heavy atom. The van der Waals surface area contributed by atoms with Crippen LogP contribution in [0.3, 0.4) is 0 Å². The van der Waals surface area contributed by atoms with Gasteiger partial charge in [0, 0.05) is 6.42 Å². The summed E-state index contributed by atoms with van der Waals surface area (Å²) in [6, 6.07) is 5.03. The first-order valence-electron chi connectivity index (χ1n) is 5.19. The summed E-state index contributed by atoms with van der Waals surface area (Å²) in [7, 11) is 0. The van der Waals surface area contributed by atoms with Gasteiger partial charge in [0.2, 0.25) is 5.91 Å². The summed E-state index contributed by atoms with van der Waals surface area (Å²) in [5.41, 5.74) is 1.17. The molecule has 4 heteroatoms. The van der Waals surface area contributed by atoms with Crippen molar-refractivity contribution in [2.24, 2.45) is 0 Å². The van der Waals surface area contributed by atoms with E-state index >= 15 is 0 Å². The highest BCUT2D eigenvalue weighted by atomic mass is 16.4. The maximum absolute atomic E-state index is 11.4. The molecule has 0 radical (unpaired) electrons. The van der Waals surface area contributed by atoms with Crippen LogP contribution in [0.4, 0.5) is 5.69 Å². The third kappa shape index (κ3) is 2.82. The molecule has 1 rings (SSSR count). The number of carboxylic acid groups (broad SMARTS) is 1. The van der Waals surface area contributed by atoms with Crippen LogP contribution in [0.1, 0.15) is 35.7 Å². The predicted molar refractivity (Wildman–Crippen MR) is 61.7 cm³/mol. The number of aryl methyl sites for hydroxylation is 1. The fourth-order valence-electron chi connectivity index (χ4n) is 1.50. The molecule has 0 spiro atoms. The quantitative estimate of drug-likeness (QED) is 0.820. The van der Waals surface area contributed by atoms with Crippen LogP contribution in [-0.4, -0.2) is 17.0 Å². The second kappa shape index (κ2) is 5.30.